The summed E-state index contributed by atoms with van der Waals surface area (Å²) in [5.41, 5.74) is 0.741. The molecule has 0 unspecified atom stereocenters. The van der Waals surface area contributed by atoms with Crippen molar-refractivity contribution in [3.8, 4) is 11.5 Å². The number of benzene rings is 2. The van der Waals surface area contributed by atoms with Gasteiger partial charge in [0.15, 0.2) is 0 Å². The predicted molar refractivity (Wildman–Crippen MR) is 246 cm³/mol. The van der Waals surface area contributed by atoms with E-state index in [0.717, 1.165) is 63.5 Å². The maximum absolute atomic E-state index is 12.8. The molecule has 2 aromatic rings. The van der Waals surface area contributed by atoms with Crippen LogP contribution in [-0.2, 0) is 31.4 Å². The van der Waals surface area contributed by atoms with Gasteiger partial charge in [0.05, 0.1) is 54.1 Å². The average molecular weight is 1050 g/mol. The summed E-state index contributed by atoms with van der Waals surface area (Å²) in [5, 5.41) is 88.6. The molecule has 2 fully saturated rings. The molecule has 4 rings (SSSR count). The Balaban J connectivity index is 0.000000673. The van der Waals surface area contributed by atoms with E-state index in [1.54, 1.807) is 0 Å². The summed E-state index contributed by atoms with van der Waals surface area (Å²) < 4.78 is 97.2. The number of halogens is 6. The SMILES string of the molecule is CO.COC(=O)CCCCCC[C@H]1[C@@H](O)C/C(=N/O)[C@@H]1CC[C@@H](O)COc1cccc(C(F)(F)F)c1.NO.O=C(COCCCC[C@H]1[C@@H](O)C/C(=N/O)[C@@H]1CC[C@@H](O)COc1cccc(C(F)(F)F)c1)NO. The van der Waals surface area contributed by atoms with Crippen LogP contribution in [0.25, 0.3) is 0 Å². The van der Waals surface area contributed by atoms with Crippen molar-refractivity contribution in [3.05, 3.63) is 59.7 Å². The summed E-state index contributed by atoms with van der Waals surface area (Å²) in [6.07, 6.45) is -3.95. The van der Waals surface area contributed by atoms with Crippen LogP contribution in [0, 0.1) is 23.7 Å². The lowest BCUT2D eigenvalue weighted by atomic mass is 9.85. The lowest BCUT2D eigenvalue weighted by Gasteiger charge is -2.23. The molecule has 19 nitrogen and oxygen atoms in total. The van der Waals surface area contributed by atoms with Gasteiger partial charge in [0.1, 0.15) is 31.3 Å². The molecule has 0 heterocycles. The van der Waals surface area contributed by atoms with Gasteiger partial charge < -0.3 is 60.1 Å². The van der Waals surface area contributed by atoms with Gasteiger partial charge in [-0.2, -0.15) is 26.3 Å². The van der Waals surface area contributed by atoms with Crippen LogP contribution in [-0.4, -0.2) is 135 Å². The van der Waals surface area contributed by atoms with Crippen molar-refractivity contribution in [3.63, 3.8) is 0 Å². The highest BCUT2D eigenvalue weighted by atomic mass is 19.4. The molecule has 2 saturated carbocycles. The van der Waals surface area contributed by atoms with Crippen LogP contribution in [0.3, 0.4) is 0 Å². The number of hydrogen-bond donors (Lipinski definition) is 11. The van der Waals surface area contributed by atoms with E-state index in [9.17, 15) is 66.8 Å². The first-order valence-electron chi connectivity index (χ1n) is 23.3. The summed E-state index contributed by atoms with van der Waals surface area (Å²) in [6, 6.07) is 8.88. The summed E-state index contributed by atoms with van der Waals surface area (Å²) in [5.74, 6) is 1.89. The zero-order valence-corrected chi connectivity index (χ0v) is 40.4. The average Bonchev–Trinajstić information content (AvgIpc) is 3.86. The van der Waals surface area contributed by atoms with Crippen molar-refractivity contribution in [2.24, 2.45) is 39.9 Å². The molecule has 2 aliphatic rings. The highest BCUT2D eigenvalue weighted by Crippen LogP contribution is 2.39. The molecular weight excluding hydrogens is 975 g/mol. The van der Waals surface area contributed by atoms with E-state index in [-0.39, 0.29) is 86.6 Å². The molecule has 0 aliphatic heterocycles. The van der Waals surface area contributed by atoms with Gasteiger partial charge in [-0.25, -0.2) is 11.4 Å². The second-order valence-electron chi connectivity index (χ2n) is 17.0. The standard InChI is InChI=1S/C24H34F3NO6.C22H31F3N2O7.CH4O.H3NO/c1-33-23(31)10-5-3-2-4-9-20-19(21(28-32)14-22(20)30)12-11-17(29)15-34-18-8-6-7-16(13-18)24(25,26)27;23-22(24,25)14-4-3-5-16(10-14)34-12-15(28)7-8-17-18(20(29)11-19(17)26-31)6-1-2-9-33-13-21(30)27-32;2*1-2/h6-8,13,17,19-20,22,29-30,32H,2-5,9-12,14-15H2,1H3;3-5,10,15,17-18,20,28-29,31-32H,1-2,6-9,11-13H2,(H,27,30);2H,1H3;2H,1H2/b28-21-;26-19-;;/t17-,19-,20-,22+;15-,17-,18-,20+;;/m11../s1. The quantitative estimate of drug-likeness (QED) is 0.0124. The van der Waals surface area contributed by atoms with E-state index in [1.807, 2.05) is 0 Å². The number of nitrogens with two attached hydrogens (primary N) is 1. The third-order valence-corrected chi connectivity index (χ3v) is 12.1. The molecule has 12 N–H and O–H groups in total. The van der Waals surface area contributed by atoms with Crippen LogP contribution in [0.2, 0.25) is 0 Å². The number of oxime groups is 2. The first-order chi connectivity index (χ1) is 34.3. The number of alkyl halides is 6. The van der Waals surface area contributed by atoms with Crippen molar-refractivity contribution in [2.75, 3.05) is 40.6 Å². The zero-order valence-electron chi connectivity index (χ0n) is 40.4. The molecule has 25 heteroatoms. The zero-order chi connectivity index (χ0) is 54.3. The molecule has 8 atom stereocenters. The van der Waals surface area contributed by atoms with Crippen LogP contribution in [0.4, 0.5) is 26.3 Å². The third-order valence-electron chi connectivity index (χ3n) is 12.1. The molecule has 0 aromatic heterocycles. The van der Waals surface area contributed by atoms with Gasteiger partial charge in [0.2, 0.25) is 0 Å². The minimum Gasteiger partial charge on any atom is -0.491 e. The Morgan fingerprint density at radius 1 is 0.708 bits per heavy atom. The first kappa shape index (κ1) is 65.2. The third kappa shape index (κ3) is 24.2. The number of esters is 1. The molecule has 0 bridgehead atoms. The summed E-state index contributed by atoms with van der Waals surface area (Å²) in [4.78, 5) is 22.0. The summed E-state index contributed by atoms with van der Waals surface area (Å²) in [7, 11) is 2.36. The number of ether oxygens (including phenoxy) is 4. The number of aliphatic hydroxyl groups excluding tert-OH is 5. The smallest absolute Gasteiger partial charge is 0.416 e. The van der Waals surface area contributed by atoms with Gasteiger partial charge in [-0.1, -0.05) is 48.1 Å². The van der Waals surface area contributed by atoms with E-state index in [2.05, 4.69) is 20.9 Å². The van der Waals surface area contributed by atoms with Crippen LogP contribution in [0.1, 0.15) is 107 Å². The lowest BCUT2D eigenvalue weighted by molar-refractivity contribution is -0.141. The van der Waals surface area contributed by atoms with Crippen molar-refractivity contribution in [1.82, 2.24) is 5.48 Å². The highest BCUT2D eigenvalue weighted by Gasteiger charge is 2.41. The fraction of sp³-hybridized carbons (Fsp3) is 0.660. The first-order valence-corrected chi connectivity index (χ1v) is 23.3. The molecule has 0 spiro atoms. The van der Waals surface area contributed by atoms with Crippen LogP contribution in [0.5, 0.6) is 11.5 Å². The molecule has 1 amide bonds. The van der Waals surface area contributed by atoms with Crippen molar-refractivity contribution in [2.45, 2.75) is 133 Å². The Morgan fingerprint density at radius 3 is 1.54 bits per heavy atom. The molecular formula is C47H72F6N4O15. The van der Waals surface area contributed by atoms with Crippen molar-refractivity contribution >= 4 is 23.3 Å². The summed E-state index contributed by atoms with van der Waals surface area (Å²) >= 11 is 0. The van der Waals surface area contributed by atoms with Gasteiger partial charge in [0.25, 0.3) is 5.91 Å². The second kappa shape index (κ2) is 35.3. The largest absolute Gasteiger partial charge is 0.491 e. The minimum absolute atomic E-state index is 0.000612. The van der Waals surface area contributed by atoms with E-state index < -0.39 is 53.8 Å². The number of carbonyl (C=O) groups excluding carboxylic acids is 2. The number of hydroxylamine groups is 1. The maximum Gasteiger partial charge on any atom is 0.416 e. The Labute approximate surface area is 414 Å². The number of hydrogen-bond acceptors (Lipinski definition) is 18. The number of aliphatic hydroxyl groups is 5. The van der Waals surface area contributed by atoms with E-state index >= 15 is 0 Å². The predicted octanol–water partition coefficient (Wildman–Crippen LogP) is 6.25. The van der Waals surface area contributed by atoms with Crippen LogP contribution < -0.4 is 20.9 Å². The number of amides is 1. The monoisotopic (exact) mass is 1050 g/mol. The minimum atomic E-state index is -4.49. The van der Waals surface area contributed by atoms with E-state index in [4.69, 9.17) is 29.7 Å². The van der Waals surface area contributed by atoms with Crippen molar-refractivity contribution in [1.29, 1.82) is 0 Å². The summed E-state index contributed by atoms with van der Waals surface area (Å²) in [6.45, 7) is -0.334. The number of methoxy groups -OCH3 is 1. The topological polar surface area (TPSA) is 316 Å². The van der Waals surface area contributed by atoms with Crippen LogP contribution in [0.15, 0.2) is 58.8 Å². The second-order valence-corrected chi connectivity index (χ2v) is 17.0. The van der Waals surface area contributed by atoms with E-state index in [1.165, 1.54) is 36.9 Å². The number of nitrogens with one attached hydrogen (secondary N) is 1. The molecule has 72 heavy (non-hydrogen) atoms. The van der Waals surface area contributed by atoms with Gasteiger partial charge in [-0.05, 0) is 99.6 Å². The lowest BCUT2D eigenvalue weighted by Crippen LogP contribution is -2.25. The fourth-order valence-electron chi connectivity index (χ4n) is 8.55. The number of unbranched alkanes of at least 4 members (excludes halogenated alkanes) is 4. The normalized spacial score (nSPS) is 21.6. The molecule has 0 saturated heterocycles. The van der Waals surface area contributed by atoms with Crippen LogP contribution >= 0.6 is 0 Å². The number of carbonyl (C=O) groups is 2. The van der Waals surface area contributed by atoms with Gasteiger partial charge in [-0.15, -0.1) is 0 Å². The van der Waals surface area contributed by atoms with Gasteiger partial charge in [-0.3, -0.25) is 14.8 Å². The Bertz CT molecular complexity index is 1750. The van der Waals surface area contributed by atoms with E-state index in [0.29, 0.717) is 56.6 Å². The number of rotatable bonds is 26. The Hall–Kier alpha value is -4.86. The van der Waals surface area contributed by atoms with Crippen molar-refractivity contribution < 1.29 is 101 Å². The Morgan fingerprint density at radius 2 is 1.14 bits per heavy atom. The van der Waals surface area contributed by atoms with Gasteiger partial charge >= 0.3 is 18.3 Å². The fourth-order valence-corrected chi connectivity index (χ4v) is 8.55. The molecule has 2 aromatic carbocycles. The molecule has 412 valence electrons. The molecule has 2 aliphatic carbocycles. The molecule has 0 radical (unpaired) electrons. The van der Waals surface area contributed by atoms with Gasteiger partial charge in [0, 0.05) is 44.8 Å². The number of nitrogens with zero attached hydrogens (tertiary/aromatic N) is 2. The Kier molecular flexibility index (Phi) is 32.0. The maximum atomic E-state index is 12.8. The highest BCUT2D eigenvalue weighted by molar-refractivity contribution is 5.89.